The smallest absolute Gasteiger partial charge is 0.306 e. The molecule has 0 aliphatic heterocycles. The molecule has 2 aromatic carbocycles. The van der Waals surface area contributed by atoms with Crippen LogP contribution in [0, 0.1) is 13.8 Å². The highest BCUT2D eigenvalue weighted by Crippen LogP contribution is 2.14. The second-order valence-electron chi connectivity index (χ2n) is 6.52. The largest absolute Gasteiger partial charge is 0.455 e. The number of carbonyl (C=O) groups excluding carboxylic acids is 4. The van der Waals surface area contributed by atoms with E-state index in [1.807, 2.05) is 26.0 Å². The predicted molar refractivity (Wildman–Crippen MR) is 114 cm³/mol. The highest BCUT2D eigenvalue weighted by molar-refractivity contribution is 9.10. The number of rotatable bonds is 7. The maximum atomic E-state index is 11.9. The zero-order valence-electron chi connectivity index (χ0n) is 16.6. The van der Waals surface area contributed by atoms with E-state index < -0.39 is 24.4 Å². The van der Waals surface area contributed by atoms with E-state index in [2.05, 4.69) is 32.1 Å². The minimum atomic E-state index is -0.701. The number of anilines is 1. The number of carbonyl (C=O) groups is 4. The fourth-order valence-electron chi connectivity index (χ4n) is 2.31. The van der Waals surface area contributed by atoms with Gasteiger partial charge >= 0.3 is 5.97 Å². The number of hydrazine groups is 1. The van der Waals surface area contributed by atoms with E-state index in [0.717, 1.165) is 15.6 Å². The Kier molecular flexibility index (Phi) is 8.54. The van der Waals surface area contributed by atoms with E-state index in [1.54, 1.807) is 30.3 Å². The Balaban J connectivity index is 1.65. The van der Waals surface area contributed by atoms with Gasteiger partial charge in [0.1, 0.15) is 0 Å². The molecule has 0 spiro atoms. The highest BCUT2D eigenvalue weighted by Gasteiger charge is 2.12. The Morgan fingerprint density at radius 2 is 1.57 bits per heavy atom. The van der Waals surface area contributed by atoms with E-state index >= 15 is 0 Å². The molecular formula is C21H22BrN3O5. The van der Waals surface area contributed by atoms with E-state index in [4.69, 9.17) is 4.74 Å². The first-order valence-corrected chi connectivity index (χ1v) is 9.91. The van der Waals surface area contributed by atoms with Crippen LogP contribution in [-0.2, 0) is 19.1 Å². The molecule has 2 rings (SSSR count). The topological polar surface area (TPSA) is 114 Å². The molecule has 0 heterocycles. The van der Waals surface area contributed by atoms with Gasteiger partial charge in [-0.3, -0.25) is 30.0 Å². The minimum Gasteiger partial charge on any atom is -0.455 e. The molecule has 0 aliphatic rings. The summed E-state index contributed by atoms with van der Waals surface area (Å²) < 4.78 is 5.62. The lowest BCUT2D eigenvalue weighted by molar-refractivity contribution is -0.149. The predicted octanol–water partition coefficient (Wildman–Crippen LogP) is 2.79. The third-order valence-electron chi connectivity index (χ3n) is 4.13. The lowest BCUT2D eigenvalue weighted by atomic mass is 10.1. The van der Waals surface area contributed by atoms with Gasteiger partial charge in [-0.25, -0.2) is 0 Å². The van der Waals surface area contributed by atoms with Crippen LogP contribution in [0.15, 0.2) is 46.9 Å². The SMILES string of the molecule is Cc1ccc(NC(=O)CCC(=O)OCC(=O)NNC(=O)c2ccc(Br)cc2)cc1C. The van der Waals surface area contributed by atoms with Crippen molar-refractivity contribution in [2.24, 2.45) is 0 Å². The summed E-state index contributed by atoms with van der Waals surface area (Å²) in [5, 5.41) is 2.71. The van der Waals surface area contributed by atoms with Crippen molar-refractivity contribution in [3.63, 3.8) is 0 Å². The number of nitrogens with one attached hydrogen (secondary N) is 3. The van der Waals surface area contributed by atoms with Crippen LogP contribution >= 0.6 is 15.9 Å². The summed E-state index contributed by atoms with van der Waals surface area (Å²) in [5.74, 6) is -2.24. The lowest BCUT2D eigenvalue weighted by Gasteiger charge is -2.09. The number of halogens is 1. The van der Waals surface area contributed by atoms with E-state index in [9.17, 15) is 19.2 Å². The first-order valence-electron chi connectivity index (χ1n) is 9.12. The van der Waals surface area contributed by atoms with Crippen molar-refractivity contribution in [3.8, 4) is 0 Å². The van der Waals surface area contributed by atoms with Crippen LogP contribution in [0.5, 0.6) is 0 Å². The molecule has 2 aromatic rings. The summed E-state index contributed by atoms with van der Waals surface area (Å²) in [7, 11) is 0. The lowest BCUT2D eigenvalue weighted by Crippen LogP contribution is -2.43. The van der Waals surface area contributed by atoms with Crippen molar-refractivity contribution in [2.45, 2.75) is 26.7 Å². The second-order valence-corrected chi connectivity index (χ2v) is 7.43. The van der Waals surface area contributed by atoms with E-state index in [1.165, 1.54) is 0 Å². The average Bonchev–Trinajstić information content (AvgIpc) is 2.72. The summed E-state index contributed by atoms with van der Waals surface area (Å²) >= 11 is 3.26. The standard InChI is InChI=1S/C21H22BrN3O5/c1-13-3-8-17(11-14(13)2)23-18(26)9-10-20(28)30-12-19(27)24-25-21(29)15-4-6-16(22)7-5-15/h3-8,11H,9-10,12H2,1-2H3,(H,23,26)(H,24,27)(H,25,29). The van der Waals surface area contributed by atoms with Crippen molar-refractivity contribution in [2.75, 3.05) is 11.9 Å². The molecule has 3 amide bonds. The first-order chi connectivity index (χ1) is 14.2. The van der Waals surface area contributed by atoms with Gasteiger partial charge in [0.25, 0.3) is 11.8 Å². The van der Waals surface area contributed by atoms with Gasteiger partial charge in [0.2, 0.25) is 5.91 Å². The molecule has 0 saturated heterocycles. The van der Waals surface area contributed by atoms with E-state index in [-0.39, 0.29) is 18.7 Å². The molecule has 0 aromatic heterocycles. The monoisotopic (exact) mass is 475 g/mol. The Hall–Kier alpha value is -3.20. The summed E-state index contributed by atoms with van der Waals surface area (Å²) in [6, 6.07) is 12.1. The van der Waals surface area contributed by atoms with Crippen molar-refractivity contribution in [1.29, 1.82) is 0 Å². The summed E-state index contributed by atoms with van der Waals surface area (Å²) in [5.41, 5.74) is 7.53. The molecule has 0 aliphatic carbocycles. The van der Waals surface area contributed by atoms with Gasteiger partial charge in [-0.05, 0) is 61.4 Å². The van der Waals surface area contributed by atoms with Crippen LogP contribution in [0.2, 0.25) is 0 Å². The Bertz CT molecular complexity index is 944. The van der Waals surface area contributed by atoms with Crippen LogP contribution in [-0.4, -0.2) is 30.3 Å². The Labute approximate surface area is 182 Å². The molecule has 0 unspecified atom stereocenters. The Morgan fingerprint density at radius 3 is 2.23 bits per heavy atom. The van der Waals surface area contributed by atoms with Crippen molar-refractivity contribution >= 4 is 45.3 Å². The normalized spacial score (nSPS) is 10.1. The maximum absolute atomic E-state index is 11.9. The minimum absolute atomic E-state index is 0.0757. The third kappa shape index (κ3) is 7.67. The number of hydrogen-bond acceptors (Lipinski definition) is 5. The molecular weight excluding hydrogens is 454 g/mol. The van der Waals surface area contributed by atoms with Crippen molar-refractivity contribution in [1.82, 2.24) is 10.9 Å². The molecule has 3 N–H and O–H groups in total. The van der Waals surface area contributed by atoms with Gasteiger partial charge in [0.15, 0.2) is 6.61 Å². The van der Waals surface area contributed by atoms with Crippen LogP contribution < -0.4 is 16.2 Å². The number of esters is 1. The molecule has 0 radical (unpaired) electrons. The maximum Gasteiger partial charge on any atom is 0.306 e. The number of benzene rings is 2. The highest BCUT2D eigenvalue weighted by atomic mass is 79.9. The van der Waals surface area contributed by atoms with Gasteiger partial charge in [-0.1, -0.05) is 22.0 Å². The second kappa shape index (κ2) is 11.1. The summed E-state index contributed by atoms with van der Waals surface area (Å²) in [6.45, 7) is 3.34. The number of amides is 3. The number of hydrogen-bond donors (Lipinski definition) is 3. The first kappa shape index (κ1) is 23.1. The summed E-state index contributed by atoms with van der Waals surface area (Å²) in [6.07, 6.45) is -0.247. The van der Waals surface area contributed by atoms with Gasteiger partial charge < -0.3 is 10.1 Å². The Morgan fingerprint density at radius 1 is 0.867 bits per heavy atom. The van der Waals surface area contributed by atoms with Crippen LogP contribution in [0.3, 0.4) is 0 Å². The fourth-order valence-corrected chi connectivity index (χ4v) is 2.58. The van der Waals surface area contributed by atoms with Crippen LogP contribution in [0.4, 0.5) is 5.69 Å². The van der Waals surface area contributed by atoms with Crippen LogP contribution in [0.1, 0.15) is 34.3 Å². The molecule has 8 nitrogen and oxygen atoms in total. The molecule has 0 saturated carbocycles. The third-order valence-corrected chi connectivity index (χ3v) is 4.66. The molecule has 9 heteroatoms. The van der Waals surface area contributed by atoms with Gasteiger partial charge in [0.05, 0.1) is 6.42 Å². The quantitative estimate of drug-likeness (QED) is 0.420. The van der Waals surface area contributed by atoms with Gasteiger partial charge in [-0.2, -0.15) is 0 Å². The molecule has 0 fully saturated rings. The molecule has 158 valence electrons. The average molecular weight is 476 g/mol. The number of ether oxygens (including phenoxy) is 1. The van der Waals surface area contributed by atoms with Gasteiger partial charge in [0, 0.05) is 22.1 Å². The molecule has 0 bridgehead atoms. The molecule has 30 heavy (non-hydrogen) atoms. The zero-order valence-corrected chi connectivity index (χ0v) is 18.2. The van der Waals surface area contributed by atoms with Gasteiger partial charge in [-0.15, -0.1) is 0 Å². The zero-order chi connectivity index (χ0) is 22.1. The fraction of sp³-hybridized carbons (Fsp3) is 0.238. The van der Waals surface area contributed by atoms with Crippen LogP contribution in [0.25, 0.3) is 0 Å². The molecule has 0 atom stereocenters. The summed E-state index contributed by atoms with van der Waals surface area (Å²) in [4.78, 5) is 47.2. The number of aryl methyl sites for hydroxylation is 2. The van der Waals surface area contributed by atoms with E-state index in [0.29, 0.717) is 11.3 Å². The van der Waals surface area contributed by atoms with Crippen molar-refractivity contribution in [3.05, 3.63) is 63.6 Å². The van der Waals surface area contributed by atoms with Crippen molar-refractivity contribution < 1.29 is 23.9 Å².